The van der Waals surface area contributed by atoms with E-state index < -0.39 is 9.84 Å². The number of sulfone groups is 1. The maximum Gasteiger partial charge on any atom is 0.175 e. The summed E-state index contributed by atoms with van der Waals surface area (Å²) in [5, 5.41) is 3.27. The Bertz CT molecular complexity index is 454. The van der Waals surface area contributed by atoms with Gasteiger partial charge in [0, 0.05) is 12.8 Å². The summed E-state index contributed by atoms with van der Waals surface area (Å²) >= 11 is 0. The SMILES string of the molecule is CCCNCC(C)Oc1ccc(S(C)(=O)=O)cc1. The molecule has 0 fully saturated rings. The van der Waals surface area contributed by atoms with Crippen LogP contribution >= 0.6 is 0 Å². The van der Waals surface area contributed by atoms with Crippen LogP contribution in [0.4, 0.5) is 0 Å². The molecule has 102 valence electrons. The van der Waals surface area contributed by atoms with Gasteiger partial charge < -0.3 is 10.1 Å². The van der Waals surface area contributed by atoms with Crippen LogP contribution in [0.2, 0.25) is 0 Å². The van der Waals surface area contributed by atoms with Crippen LogP contribution in [-0.2, 0) is 9.84 Å². The Labute approximate surface area is 109 Å². The predicted molar refractivity (Wildman–Crippen MR) is 72.8 cm³/mol. The number of hydrogen-bond acceptors (Lipinski definition) is 4. The van der Waals surface area contributed by atoms with Gasteiger partial charge in [0.1, 0.15) is 11.9 Å². The van der Waals surface area contributed by atoms with Crippen LogP contribution in [0.1, 0.15) is 20.3 Å². The van der Waals surface area contributed by atoms with Crippen LogP contribution in [0.3, 0.4) is 0 Å². The zero-order chi connectivity index (χ0) is 13.6. The van der Waals surface area contributed by atoms with E-state index in [4.69, 9.17) is 4.74 Å². The first-order chi connectivity index (χ1) is 8.43. The molecule has 1 aromatic rings. The van der Waals surface area contributed by atoms with Gasteiger partial charge in [0.25, 0.3) is 0 Å². The van der Waals surface area contributed by atoms with Crippen LogP contribution < -0.4 is 10.1 Å². The van der Waals surface area contributed by atoms with E-state index in [1.165, 1.54) is 6.26 Å². The van der Waals surface area contributed by atoms with E-state index in [2.05, 4.69) is 12.2 Å². The number of ether oxygens (including phenoxy) is 1. The lowest BCUT2D eigenvalue weighted by Gasteiger charge is -2.15. The molecule has 0 spiro atoms. The van der Waals surface area contributed by atoms with Gasteiger partial charge in [0.05, 0.1) is 4.90 Å². The third kappa shape index (κ3) is 5.06. The molecular weight excluding hydrogens is 250 g/mol. The number of nitrogens with one attached hydrogen (secondary N) is 1. The monoisotopic (exact) mass is 271 g/mol. The van der Waals surface area contributed by atoms with Crippen molar-refractivity contribution < 1.29 is 13.2 Å². The molecule has 0 amide bonds. The number of rotatable bonds is 7. The predicted octanol–water partition coefficient (Wildman–Crippen LogP) is 1.86. The van der Waals surface area contributed by atoms with Crippen molar-refractivity contribution in [3.63, 3.8) is 0 Å². The molecule has 0 saturated heterocycles. The second-order valence-electron chi connectivity index (χ2n) is 4.38. The minimum Gasteiger partial charge on any atom is -0.489 e. The van der Waals surface area contributed by atoms with E-state index >= 15 is 0 Å². The Hall–Kier alpha value is -1.07. The van der Waals surface area contributed by atoms with Crippen LogP contribution in [-0.4, -0.2) is 33.9 Å². The first-order valence-electron chi connectivity index (χ1n) is 6.11. The first-order valence-corrected chi connectivity index (χ1v) is 8.00. The van der Waals surface area contributed by atoms with Crippen molar-refractivity contribution in [2.75, 3.05) is 19.3 Å². The molecule has 1 N–H and O–H groups in total. The minimum atomic E-state index is -3.13. The minimum absolute atomic E-state index is 0.0561. The standard InChI is InChI=1S/C13H21NO3S/c1-4-9-14-10-11(2)17-12-5-7-13(8-6-12)18(3,15)16/h5-8,11,14H,4,9-10H2,1-3H3. The second kappa shape index (κ2) is 6.75. The number of benzene rings is 1. The Morgan fingerprint density at radius 3 is 2.39 bits per heavy atom. The summed E-state index contributed by atoms with van der Waals surface area (Å²) < 4.78 is 28.3. The highest BCUT2D eigenvalue weighted by Gasteiger charge is 2.08. The summed E-state index contributed by atoms with van der Waals surface area (Å²) in [6.07, 6.45) is 2.34. The molecular formula is C13H21NO3S. The fraction of sp³-hybridized carbons (Fsp3) is 0.538. The van der Waals surface area contributed by atoms with Crippen LogP contribution in [0.25, 0.3) is 0 Å². The highest BCUT2D eigenvalue weighted by molar-refractivity contribution is 7.90. The normalized spacial score (nSPS) is 13.3. The van der Waals surface area contributed by atoms with Gasteiger partial charge in [-0.05, 0) is 44.2 Å². The van der Waals surface area contributed by atoms with Gasteiger partial charge in [-0.2, -0.15) is 0 Å². The quantitative estimate of drug-likeness (QED) is 0.769. The van der Waals surface area contributed by atoms with Crippen LogP contribution in [0.5, 0.6) is 5.75 Å². The van der Waals surface area contributed by atoms with Crippen LogP contribution in [0, 0.1) is 0 Å². The molecule has 0 heterocycles. The molecule has 0 bridgehead atoms. The van der Waals surface area contributed by atoms with E-state index in [1.54, 1.807) is 24.3 Å². The molecule has 1 atom stereocenters. The Balaban J connectivity index is 2.53. The van der Waals surface area contributed by atoms with Crippen molar-refractivity contribution in [1.82, 2.24) is 5.32 Å². The molecule has 0 saturated carbocycles. The fourth-order valence-corrected chi connectivity index (χ4v) is 2.15. The van der Waals surface area contributed by atoms with Gasteiger partial charge >= 0.3 is 0 Å². The summed E-state index contributed by atoms with van der Waals surface area (Å²) in [5.41, 5.74) is 0. The molecule has 4 nitrogen and oxygen atoms in total. The molecule has 0 aliphatic carbocycles. The Morgan fingerprint density at radius 2 is 1.89 bits per heavy atom. The molecule has 0 aliphatic heterocycles. The van der Waals surface area contributed by atoms with Crippen molar-refractivity contribution in [3.8, 4) is 5.75 Å². The molecule has 0 aliphatic rings. The second-order valence-corrected chi connectivity index (χ2v) is 6.39. The third-order valence-corrected chi connectivity index (χ3v) is 3.58. The van der Waals surface area contributed by atoms with Gasteiger partial charge in [-0.15, -0.1) is 0 Å². The molecule has 1 rings (SSSR count). The molecule has 1 unspecified atom stereocenters. The molecule has 18 heavy (non-hydrogen) atoms. The van der Waals surface area contributed by atoms with E-state index in [1.807, 2.05) is 6.92 Å². The Morgan fingerprint density at radius 1 is 1.28 bits per heavy atom. The van der Waals surface area contributed by atoms with Crippen molar-refractivity contribution in [3.05, 3.63) is 24.3 Å². The largest absolute Gasteiger partial charge is 0.489 e. The third-order valence-electron chi connectivity index (χ3n) is 2.45. The summed E-state index contributed by atoms with van der Waals surface area (Å²) in [6, 6.07) is 6.51. The zero-order valence-corrected chi connectivity index (χ0v) is 12.0. The van der Waals surface area contributed by atoms with E-state index in [0.717, 1.165) is 19.5 Å². The first kappa shape index (κ1) is 15.0. The molecule has 1 aromatic carbocycles. The topological polar surface area (TPSA) is 55.4 Å². The molecule has 0 radical (unpaired) electrons. The van der Waals surface area contributed by atoms with Gasteiger partial charge in [-0.3, -0.25) is 0 Å². The maximum absolute atomic E-state index is 11.3. The van der Waals surface area contributed by atoms with E-state index in [9.17, 15) is 8.42 Å². The highest BCUT2D eigenvalue weighted by atomic mass is 32.2. The van der Waals surface area contributed by atoms with Gasteiger partial charge in [0.2, 0.25) is 0 Å². The van der Waals surface area contributed by atoms with E-state index in [0.29, 0.717) is 10.6 Å². The van der Waals surface area contributed by atoms with Crippen LogP contribution in [0.15, 0.2) is 29.2 Å². The van der Waals surface area contributed by atoms with Crippen molar-refractivity contribution in [2.24, 2.45) is 0 Å². The summed E-state index contributed by atoms with van der Waals surface area (Å²) in [7, 11) is -3.13. The molecule has 5 heteroatoms. The van der Waals surface area contributed by atoms with Crippen molar-refractivity contribution in [1.29, 1.82) is 0 Å². The lowest BCUT2D eigenvalue weighted by atomic mass is 10.3. The zero-order valence-electron chi connectivity index (χ0n) is 11.1. The average molecular weight is 271 g/mol. The van der Waals surface area contributed by atoms with Crippen molar-refractivity contribution in [2.45, 2.75) is 31.3 Å². The lowest BCUT2D eigenvalue weighted by molar-refractivity contribution is 0.217. The number of hydrogen-bond donors (Lipinski definition) is 1. The van der Waals surface area contributed by atoms with Gasteiger partial charge in [-0.1, -0.05) is 6.92 Å². The summed E-state index contributed by atoms with van der Waals surface area (Å²) in [4.78, 5) is 0.312. The highest BCUT2D eigenvalue weighted by Crippen LogP contribution is 2.16. The van der Waals surface area contributed by atoms with Gasteiger partial charge in [-0.25, -0.2) is 8.42 Å². The van der Waals surface area contributed by atoms with Crippen molar-refractivity contribution >= 4 is 9.84 Å². The maximum atomic E-state index is 11.3. The van der Waals surface area contributed by atoms with E-state index in [-0.39, 0.29) is 6.10 Å². The smallest absolute Gasteiger partial charge is 0.175 e. The molecule has 0 aromatic heterocycles. The van der Waals surface area contributed by atoms with Gasteiger partial charge in [0.15, 0.2) is 9.84 Å². The fourth-order valence-electron chi connectivity index (χ4n) is 1.52. The Kier molecular flexibility index (Phi) is 5.62. The average Bonchev–Trinajstić information content (AvgIpc) is 2.29. The lowest BCUT2D eigenvalue weighted by Crippen LogP contribution is -2.29. The summed E-state index contributed by atoms with van der Waals surface area (Å²) in [5.74, 6) is 0.688. The summed E-state index contributed by atoms with van der Waals surface area (Å²) in [6.45, 7) is 5.85.